The van der Waals surface area contributed by atoms with E-state index >= 15 is 0 Å². The van der Waals surface area contributed by atoms with Crippen molar-refractivity contribution in [2.24, 2.45) is 0 Å². The van der Waals surface area contributed by atoms with Crippen molar-refractivity contribution >= 4 is 34.2 Å². The molecule has 0 aliphatic carbocycles. The zero-order valence-corrected chi connectivity index (χ0v) is 20.5. The number of hydrogen-bond acceptors (Lipinski definition) is 5. The Labute approximate surface area is 210 Å². The first kappa shape index (κ1) is 26.5. The largest absolute Gasteiger partial charge is 0.478 e. The fraction of sp³-hybridized carbons (Fsp3) is 0.154. The van der Waals surface area contributed by atoms with Crippen LogP contribution in [0.15, 0.2) is 83.8 Å². The van der Waals surface area contributed by atoms with Crippen molar-refractivity contribution in [1.29, 1.82) is 0 Å². The topological polar surface area (TPSA) is 130 Å². The van der Waals surface area contributed by atoms with Gasteiger partial charge in [0.2, 0.25) is 0 Å². The third kappa shape index (κ3) is 6.49. The predicted molar refractivity (Wildman–Crippen MR) is 138 cm³/mol. The van der Waals surface area contributed by atoms with Gasteiger partial charge in [0, 0.05) is 31.3 Å². The van der Waals surface area contributed by atoms with Crippen molar-refractivity contribution in [2.45, 2.75) is 18.2 Å². The van der Waals surface area contributed by atoms with Crippen LogP contribution in [0.25, 0.3) is 11.1 Å². The summed E-state index contributed by atoms with van der Waals surface area (Å²) in [4.78, 5) is 35.8. The van der Waals surface area contributed by atoms with Crippen molar-refractivity contribution < 1.29 is 23.8 Å². The number of amides is 1. The Balaban J connectivity index is 1.84. The minimum absolute atomic E-state index is 0.0664. The number of anilines is 1. The van der Waals surface area contributed by atoms with Gasteiger partial charge in [-0.15, -0.1) is 0 Å². The SMILES string of the molecule is C/C=C/CCN(C)S(=O)c1cccc(C(=O)Nc2ccc(-c3cccc([N+](=O)[O-])c3)cc2C(=O)O)c1. The average molecular weight is 508 g/mol. The molecular weight excluding hydrogens is 482 g/mol. The number of allylic oxidation sites excluding steroid dienone is 1. The number of non-ortho nitro benzene ring substituents is 1. The Morgan fingerprint density at radius 1 is 1.08 bits per heavy atom. The van der Waals surface area contributed by atoms with E-state index in [4.69, 9.17) is 0 Å². The number of aromatic carboxylic acids is 1. The van der Waals surface area contributed by atoms with Crippen LogP contribution in [0.5, 0.6) is 0 Å². The lowest BCUT2D eigenvalue weighted by Crippen LogP contribution is -2.22. The van der Waals surface area contributed by atoms with Crippen molar-refractivity contribution in [3.63, 3.8) is 0 Å². The molecule has 9 nitrogen and oxygen atoms in total. The van der Waals surface area contributed by atoms with Crippen LogP contribution in [0.1, 0.15) is 34.1 Å². The van der Waals surface area contributed by atoms with Gasteiger partial charge in [-0.3, -0.25) is 14.9 Å². The Morgan fingerprint density at radius 3 is 2.50 bits per heavy atom. The van der Waals surface area contributed by atoms with E-state index in [1.165, 1.54) is 36.4 Å². The molecule has 0 aliphatic rings. The van der Waals surface area contributed by atoms with Crippen molar-refractivity contribution in [1.82, 2.24) is 4.31 Å². The number of nitrogens with zero attached hydrogens (tertiary/aromatic N) is 2. The smallest absolute Gasteiger partial charge is 0.337 e. The highest BCUT2D eigenvalue weighted by Gasteiger charge is 2.18. The molecule has 0 heterocycles. The quantitative estimate of drug-likeness (QED) is 0.222. The van der Waals surface area contributed by atoms with Crippen LogP contribution in [0, 0.1) is 10.1 Å². The first-order chi connectivity index (χ1) is 17.2. The minimum Gasteiger partial charge on any atom is -0.478 e. The maximum Gasteiger partial charge on any atom is 0.337 e. The molecule has 0 aromatic heterocycles. The van der Waals surface area contributed by atoms with Crippen LogP contribution < -0.4 is 5.32 Å². The molecule has 3 aromatic rings. The van der Waals surface area contributed by atoms with Gasteiger partial charge >= 0.3 is 5.97 Å². The molecule has 2 N–H and O–H groups in total. The van der Waals surface area contributed by atoms with E-state index in [2.05, 4.69) is 5.32 Å². The first-order valence-electron chi connectivity index (χ1n) is 11.0. The van der Waals surface area contributed by atoms with Crippen LogP contribution in [0.3, 0.4) is 0 Å². The lowest BCUT2D eigenvalue weighted by molar-refractivity contribution is -0.384. The maximum atomic E-state index is 12.9. The predicted octanol–water partition coefficient (Wildman–Crippen LogP) is 5.13. The normalized spacial score (nSPS) is 12.0. The van der Waals surface area contributed by atoms with E-state index in [0.29, 0.717) is 22.6 Å². The summed E-state index contributed by atoms with van der Waals surface area (Å²) in [6.07, 6.45) is 4.63. The molecule has 0 aliphatic heterocycles. The number of carboxylic acid groups (broad SMARTS) is 1. The van der Waals surface area contributed by atoms with Gasteiger partial charge in [0.25, 0.3) is 11.6 Å². The highest BCUT2D eigenvalue weighted by Crippen LogP contribution is 2.28. The van der Waals surface area contributed by atoms with Crippen LogP contribution in [0.2, 0.25) is 0 Å². The summed E-state index contributed by atoms with van der Waals surface area (Å²) in [5.74, 6) is -1.83. The molecule has 0 fully saturated rings. The van der Waals surface area contributed by atoms with Crippen molar-refractivity contribution in [3.05, 3.63) is 100 Å². The monoisotopic (exact) mass is 507 g/mol. The summed E-state index contributed by atoms with van der Waals surface area (Å²) < 4.78 is 14.5. The van der Waals surface area contributed by atoms with E-state index < -0.39 is 27.8 Å². The van der Waals surface area contributed by atoms with Crippen molar-refractivity contribution in [2.75, 3.05) is 18.9 Å². The molecule has 0 saturated carbocycles. The Kier molecular flexibility index (Phi) is 8.82. The molecule has 3 rings (SSSR count). The van der Waals surface area contributed by atoms with Gasteiger partial charge in [0.1, 0.15) is 11.0 Å². The molecule has 1 amide bonds. The molecule has 0 radical (unpaired) electrons. The molecule has 10 heteroatoms. The minimum atomic E-state index is -1.47. The number of benzene rings is 3. The average Bonchev–Trinajstić information content (AvgIpc) is 2.88. The van der Waals surface area contributed by atoms with Gasteiger partial charge in [-0.2, -0.15) is 0 Å². The van der Waals surface area contributed by atoms with E-state index in [1.807, 2.05) is 19.1 Å². The third-order valence-corrected chi connectivity index (χ3v) is 6.72. The van der Waals surface area contributed by atoms with Crippen LogP contribution >= 0.6 is 0 Å². The lowest BCUT2D eigenvalue weighted by atomic mass is 10.0. The van der Waals surface area contributed by atoms with E-state index in [0.717, 1.165) is 6.42 Å². The number of nitrogens with one attached hydrogen (secondary N) is 1. The number of rotatable bonds is 10. The van der Waals surface area contributed by atoms with Gasteiger partial charge in [0.05, 0.1) is 21.1 Å². The summed E-state index contributed by atoms with van der Waals surface area (Å²) in [5.41, 5.74) is 0.923. The van der Waals surface area contributed by atoms with Gasteiger partial charge in [-0.25, -0.2) is 13.3 Å². The molecule has 3 aromatic carbocycles. The van der Waals surface area contributed by atoms with Crippen LogP contribution in [0.4, 0.5) is 11.4 Å². The second-order valence-electron chi connectivity index (χ2n) is 7.81. The summed E-state index contributed by atoms with van der Waals surface area (Å²) >= 11 is 0. The van der Waals surface area contributed by atoms with E-state index in [-0.39, 0.29) is 22.5 Å². The zero-order valence-electron chi connectivity index (χ0n) is 19.7. The molecule has 0 spiro atoms. The Hall–Kier alpha value is -4.15. The van der Waals surface area contributed by atoms with Gasteiger partial charge < -0.3 is 10.4 Å². The second-order valence-corrected chi connectivity index (χ2v) is 9.41. The van der Waals surface area contributed by atoms with Crippen molar-refractivity contribution in [3.8, 4) is 11.1 Å². The van der Waals surface area contributed by atoms with Crippen LogP contribution in [-0.2, 0) is 11.0 Å². The second kappa shape index (κ2) is 12.0. The summed E-state index contributed by atoms with van der Waals surface area (Å²) in [6, 6.07) is 16.5. The van der Waals surface area contributed by atoms with E-state index in [1.54, 1.807) is 41.7 Å². The highest BCUT2D eigenvalue weighted by atomic mass is 32.2. The molecule has 0 saturated heterocycles. The fourth-order valence-electron chi connectivity index (χ4n) is 3.44. The molecular formula is C26H25N3O6S. The fourth-order valence-corrected chi connectivity index (χ4v) is 4.49. The van der Waals surface area contributed by atoms with Gasteiger partial charge in [-0.05, 0) is 54.8 Å². The summed E-state index contributed by atoms with van der Waals surface area (Å²) in [6.45, 7) is 2.49. The lowest BCUT2D eigenvalue weighted by Gasteiger charge is -2.15. The molecule has 186 valence electrons. The number of hydrogen-bond donors (Lipinski definition) is 2. The summed E-state index contributed by atoms with van der Waals surface area (Å²) in [5, 5.41) is 23.4. The number of carbonyl (C=O) groups is 2. The maximum absolute atomic E-state index is 12.9. The number of nitro groups is 1. The third-order valence-electron chi connectivity index (χ3n) is 5.32. The van der Waals surface area contributed by atoms with E-state index in [9.17, 15) is 29.0 Å². The summed E-state index contributed by atoms with van der Waals surface area (Å²) in [7, 11) is 0.262. The molecule has 0 bridgehead atoms. The highest BCUT2D eigenvalue weighted by molar-refractivity contribution is 7.82. The number of carboxylic acids is 1. The molecule has 1 unspecified atom stereocenters. The molecule has 36 heavy (non-hydrogen) atoms. The molecule has 1 atom stereocenters. The van der Waals surface area contributed by atoms with Gasteiger partial charge in [0.15, 0.2) is 0 Å². The Morgan fingerprint density at radius 2 is 1.81 bits per heavy atom. The van der Waals surface area contributed by atoms with Gasteiger partial charge in [-0.1, -0.05) is 36.4 Å². The zero-order chi connectivity index (χ0) is 26.2. The number of carbonyl (C=O) groups excluding carboxylic acids is 1. The standard InChI is InChI=1S/C26H25N3O6S/c1-3-4-5-14-28(2)36(35)22-11-7-9-20(16-22)25(30)27-24-13-12-19(17-23(24)26(31)32)18-8-6-10-21(15-18)29(33)34/h3-4,6-13,15-17H,5,14H2,1-2H3,(H,27,30)(H,31,32)/b4-3+. The number of nitro benzene ring substituents is 1. The first-order valence-corrected chi connectivity index (χ1v) is 12.1. The van der Waals surface area contributed by atoms with Crippen LogP contribution in [-0.4, -0.2) is 44.0 Å². The Bertz CT molecular complexity index is 1360.